The summed E-state index contributed by atoms with van der Waals surface area (Å²) in [6.45, 7) is 0. The number of aliphatic imine (C=N–C) groups is 2. The van der Waals surface area contributed by atoms with Crippen LogP contribution in [-0.4, -0.2) is 37.8 Å². The van der Waals surface area contributed by atoms with Crippen LogP contribution in [0.4, 0.5) is 11.5 Å². The van der Waals surface area contributed by atoms with Gasteiger partial charge in [0, 0.05) is 29.8 Å². The molecule has 2 aromatic carbocycles. The molecule has 7 heteroatoms. The zero-order valence-corrected chi connectivity index (χ0v) is 13.5. The van der Waals surface area contributed by atoms with Gasteiger partial charge in [-0.1, -0.05) is 12.1 Å². The molecule has 1 heterocycles. The van der Waals surface area contributed by atoms with E-state index in [0.29, 0.717) is 16.8 Å². The van der Waals surface area contributed by atoms with E-state index in [-0.39, 0.29) is 28.8 Å². The van der Waals surface area contributed by atoms with Crippen LogP contribution < -0.4 is 0 Å². The molecule has 3 aromatic rings. The van der Waals surface area contributed by atoms with Crippen LogP contribution in [0.15, 0.2) is 64.7 Å². The first-order valence-electron chi connectivity index (χ1n) is 7.61. The molecule has 0 radical (unpaired) electrons. The van der Waals surface area contributed by atoms with Gasteiger partial charge in [0.05, 0.1) is 0 Å². The predicted molar refractivity (Wildman–Crippen MR) is 98.3 cm³/mol. The quantitative estimate of drug-likeness (QED) is 0.425. The van der Waals surface area contributed by atoms with E-state index in [1.165, 1.54) is 24.6 Å². The van der Waals surface area contributed by atoms with Crippen molar-refractivity contribution in [3.8, 4) is 23.0 Å². The van der Waals surface area contributed by atoms with Gasteiger partial charge in [-0.2, -0.15) is 0 Å². The van der Waals surface area contributed by atoms with Crippen molar-refractivity contribution >= 4 is 23.9 Å². The second-order valence-electron chi connectivity index (χ2n) is 5.29. The van der Waals surface area contributed by atoms with E-state index in [0.717, 1.165) is 0 Å². The standard InChI is InChI=1S/C19H15N3O4/c23-15-7-1-4-12(17(15)25)10-21-14-6-3-9-20-19(14)22-11-13-5-2-8-16(24)18(13)26/h1-11,23-26H/b21-10?,22-11+. The van der Waals surface area contributed by atoms with Crippen LogP contribution in [0.5, 0.6) is 23.0 Å². The van der Waals surface area contributed by atoms with Crippen molar-refractivity contribution in [2.24, 2.45) is 9.98 Å². The highest BCUT2D eigenvalue weighted by Gasteiger charge is 2.06. The predicted octanol–water partition coefficient (Wildman–Crippen LogP) is 3.41. The highest BCUT2D eigenvalue weighted by molar-refractivity contribution is 5.89. The molecular formula is C19H15N3O4. The molecule has 0 bridgehead atoms. The summed E-state index contributed by atoms with van der Waals surface area (Å²) in [6, 6.07) is 12.5. The molecule has 0 aliphatic rings. The van der Waals surface area contributed by atoms with Crippen molar-refractivity contribution in [1.82, 2.24) is 4.98 Å². The van der Waals surface area contributed by atoms with Crippen molar-refractivity contribution in [3.05, 3.63) is 65.9 Å². The lowest BCUT2D eigenvalue weighted by Gasteiger charge is -2.02. The molecule has 130 valence electrons. The first-order valence-corrected chi connectivity index (χ1v) is 7.61. The second-order valence-corrected chi connectivity index (χ2v) is 5.29. The molecule has 0 unspecified atom stereocenters. The van der Waals surface area contributed by atoms with E-state index in [9.17, 15) is 20.4 Å². The van der Waals surface area contributed by atoms with Crippen molar-refractivity contribution < 1.29 is 20.4 Å². The van der Waals surface area contributed by atoms with Crippen molar-refractivity contribution in [1.29, 1.82) is 0 Å². The Morgan fingerprint density at radius 3 is 1.88 bits per heavy atom. The molecule has 0 spiro atoms. The maximum Gasteiger partial charge on any atom is 0.178 e. The Morgan fingerprint density at radius 1 is 0.692 bits per heavy atom. The number of nitrogens with zero attached hydrogens (tertiary/aromatic N) is 3. The van der Waals surface area contributed by atoms with Gasteiger partial charge in [0.1, 0.15) is 5.69 Å². The Balaban J connectivity index is 1.91. The summed E-state index contributed by atoms with van der Waals surface area (Å²) in [4.78, 5) is 12.6. The van der Waals surface area contributed by atoms with Gasteiger partial charge < -0.3 is 20.4 Å². The van der Waals surface area contributed by atoms with Crippen molar-refractivity contribution in [3.63, 3.8) is 0 Å². The smallest absolute Gasteiger partial charge is 0.178 e. The van der Waals surface area contributed by atoms with Gasteiger partial charge in [0.25, 0.3) is 0 Å². The number of phenolic OH excluding ortho intramolecular Hbond substituents is 4. The Kier molecular flexibility index (Phi) is 4.80. The van der Waals surface area contributed by atoms with Gasteiger partial charge in [-0.15, -0.1) is 0 Å². The number of aromatic nitrogens is 1. The fraction of sp³-hybridized carbons (Fsp3) is 0. The number of benzene rings is 2. The maximum absolute atomic E-state index is 9.82. The molecule has 0 aliphatic carbocycles. The van der Waals surface area contributed by atoms with Crippen molar-refractivity contribution in [2.75, 3.05) is 0 Å². The number of pyridine rings is 1. The topological polar surface area (TPSA) is 119 Å². The van der Waals surface area contributed by atoms with E-state index in [1.54, 1.807) is 42.6 Å². The van der Waals surface area contributed by atoms with Crippen LogP contribution in [0.3, 0.4) is 0 Å². The molecule has 0 atom stereocenters. The van der Waals surface area contributed by atoms with Gasteiger partial charge in [-0.3, -0.25) is 4.99 Å². The largest absolute Gasteiger partial charge is 0.504 e. The third-order valence-corrected chi connectivity index (χ3v) is 3.53. The lowest BCUT2D eigenvalue weighted by Crippen LogP contribution is -1.85. The Morgan fingerprint density at radius 2 is 1.27 bits per heavy atom. The van der Waals surface area contributed by atoms with Crippen LogP contribution >= 0.6 is 0 Å². The normalized spacial score (nSPS) is 11.4. The summed E-state index contributed by atoms with van der Waals surface area (Å²) in [5, 5.41) is 38.7. The highest BCUT2D eigenvalue weighted by atomic mass is 16.3. The monoisotopic (exact) mass is 349 g/mol. The summed E-state index contributed by atoms with van der Waals surface area (Å²) in [6.07, 6.45) is 4.29. The van der Waals surface area contributed by atoms with E-state index >= 15 is 0 Å². The van der Waals surface area contributed by atoms with Gasteiger partial charge in [0.15, 0.2) is 28.8 Å². The number of phenols is 4. The Hall–Kier alpha value is -3.87. The third-order valence-electron chi connectivity index (χ3n) is 3.53. The lowest BCUT2D eigenvalue weighted by atomic mass is 10.2. The molecule has 7 nitrogen and oxygen atoms in total. The van der Waals surface area contributed by atoms with E-state index in [2.05, 4.69) is 15.0 Å². The van der Waals surface area contributed by atoms with Gasteiger partial charge in [-0.05, 0) is 36.4 Å². The van der Waals surface area contributed by atoms with Crippen LogP contribution in [0.1, 0.15) is 11.1 Å². The first-order chi connectivity index (χ1) is 12.6. The molecule has 0 saturated carbocycles. The van der Waals surface area contributed by atoms with E-state index in [1.807, 2.05) is 0 Å². The number of para-hydroxylation sites is 2. The average Bonchev–Trinajstić information content (AvgIpc) is 2.65. The summed E-state index contributed by atoms with van der Waals surface area (Å²) in [5.74, 6) is -0.742. The summed E-state index contributed by atoms with van der Waals surface area (Å²) in [5.41, 5.74) is 1.09. The first kappa shape index (κ1) is 17.0. The molecular weight excluding hydrogens is 334 g/mol. The molecule has 0 saturated heterocycles. The highest BCUT2D eigenvalue weighted by Crippen LogP contribution is 2.30. The number of aromatic hydroxyl groups is 4. The fourth-order valence-electron chi connectivity index (χ4n) is 2.16. The maximum atomic E-state index is 9.82. The SMILES string of the molecule is Oc1cccc(C=Nc2cccnc2/N=C/c2cccc(O)c2O)c1O. The average molecular weight is 349 g/mol. The van der Waals surface area contributed by atoms with Gasteiger partial charge in [-0.25, -0.2) is 9.98 Å². The van der Waals surface area contributed by atoms with Crippen molar-refractivity contribution in [2.45, 2.75) is 0 Å². The molecule has 1 aromatic heterocycles. The minimum atomic E-state index is -0.276. The second kappa shape index (κ2) is 7.35. The molecule has 4 N–H and O–H groups in total. The van der Waals surface area contributed by atoms with Crippen LogP contribution in [0.25, 0.3) is 0 Å². The zero-order valence-electron chi connectivity index (χ0n) is 13.5. The Labute approximate surface area is 148 Å². The minimum absolute atomic E-state index is 0.238. The zero-order chi connectivity index (χ0) is 18.5. The number of hydrogen-bond acceptors (Lipinski definition) is 7. The van der Waals surface area contributed by atoms with Crippen LogP contribution in [0, 0.1) is 0 Å². The van der Waals surface area contributed by atoms with Crippen LogP contribution in [0.2, 0.25) is 0 Å². The third kappa shape index (κ3) is 3.62. The van der Waals surface area contributed by atoms with E-state index < -0.39 is 0 Å². The summed E-state index contributed by atoms with van der Waals surface area (Å²) >= 11 is 0. The molecule has 26 heavy (non-hydrogen) atoms. The summed E-state index contributed by atoms with van der Waals surface area (Å²) in [7, 11) is 0. The molecule has 0 amide bonds. The van der Waals surface area contributed by atoms with E-state index in [4.69, 9.17) is 0 Å². The molecule has 0 aliphatic heterocycles. The van der Waals surface area contributed by atoms with Crippen LogP contribution in [-0.2, 0) is 0 Å². The lowest BCUT2D eigenvalue weighted by molar-refractivity contribution is 0.403. The molecule has 3 rings (SSSR count). The summed E-state index contributed by atoms with van der Waals surface area (Å²) < 4.78 is 0. The van der Waals surface area contributed by atoms with Gasteiger partial charge in [0.2, 0.25) is 0 Å². The number of rotatable bonds is 4. The Bertz CT molecular complexity index is 919. The molecule has 0 fully saturated rings. The van der Waals surface area contributed by atoms with Gasteiger partial charge >= 0.3 is 0 Å². The fourth-order valence-corrected chi connectivity index (χ4v) is 2.16. The minimum Gasteiger partial charge on any atom is -0.504 e. The number of hydrogen-bond donors (Lipinski definition) is 4.